The van der Waals surface area contributed by atoms with Crippen LogP contribution in [0, 0.1) is 0 Å². The third-order valence-corrected chi connectivity index (χ3v) is 6.72. The smallest absolute Gasteiger partial charge is 0.243 e. The molecular weight excluding hydrogens is 416 g/mol. The quantitative estimate of drug-likeness (QED) is 0.688. The van der Waals surface area contributed by atoms with Crippen LogP contribution in [0.1, 0.15) is 38.8 Å². The summed E-state index contributed by atoms with van der Waals surface area (Å²) in [6, 6.07) is 13.6. The van der Waals surface area contributed by atoms with E-state index in [1.165, 1.54) is 23.4 Å². The van der Waals surface area contributed by atoms with Crippen molar-refractivity contribution in [2.24, 2.45) is 0 Å². The number of amides is 1. The van der Waals surface area contributed by atoms with Gasteiger partial charge in [0, 0.05) is 29.7 Å². The van der Waals surface area contributed by atoms with Gasteiger partial charge in [-0.1, -0.05) is 41.1 Å². The van der Waals surface area contributed by atoms with Crippen LogP contribution >= 0.6 is 15.9 Å². The summed E-state index contributed by atoms with van der Waals surface area (Å²) in [7, 11) is -3.67. The molecule has 0 aromatic heterocycles. The summed E-state index contributed by atoms with van der Waals surface area (Å²) in [5.41, 5.74) is 1.48. The fourth-order valence-corrected chi connectivity index (χ4v) is 5.08. The van der Waals surface area contributed by atoms with Gasteiger partial charge in [0.15, 0.2) is 0 Å². The summed E-state index contributed by atoms with van der Waals surface area (Å²) < 4.78 is 28.8. The lowest BCUT2D eigenvalue weighted by Crippen LogP contribution is -2.34. The van der Waals surface area contributed by atoms with Crippen molar-refractivity contribution in [3.63, 3.8) is 0 Å². The number of sulfonamides is 1. The van der Waals surface area contributed by atoms with Crippen LogP contribution < -0.4 is 5.32 Å². The highest BCUT2D eigenvalue weighted by molar-refractivity contribution is 9.10. The predicted octanol–water partition coefficient (Wildman–Crippen LogP) is 4.57. The van der Waals surface area contributed by atoms with Crippen molar-refractivity contribution in [3.05, 3.63) is 58.6 Å². The molecule has 1 atom stereocenters. The highest BCUT2D eigenvalue weighted by Gasteiger charge is 2.30. The lowest BCUT2D eigenvalue weighted by Gasteiger charge is -2.29. The molecule has 0 aliphatic rings. The molecule has 0 heterocycles. The third-order valence-electron chi connectivity index (χ3n) is 4.01. The number of nitrogens with zero attached hydrogens (tertiary/aromatic N) is 1. The second-order valence-electron chi connectivity index (χ2n) is 6.02. The number of anilines is 1. The fraction of sp³-hybridized carbons (Fsp3) is 0.316. The Morgan fingerprint density at radius 3 is 2.31 bits per heavy atom. The van der Waals surface area contributed by atoms with Gasteiger partial charge in [-0.2, -0.15) is 4.31 Å². The Morgan fingerprint density at radius 1 is 1.15 bits per heavy atom. The number of halogens is 1. The lowest BCUT2D eigenvalue weighted by atomic mass is 10.1. The number of benzene rings is 2. The molecule has 2 rings (SSSR count). The lowest BCUT2D eigenvalue weighted by molar-refractivity contribution is -0.114. The van der Waals surface area contributed by atoms with E-state index in [-0.39, 0.29) is 16.8 Å². The van der Waals surface area contributed by atoms with Gasteiger partial charge in [0.25, 0.3) is 0 Å². The Hall–Kier alpha value is -1.70. The van der Waals surface area contributed by atoms with Gasteiger partial charge in [-0.3, -0.25) is 4.79 Å². The molecule has 0 fully saturated rings. The second-order valence-corrected chi connectivity index (χ2v) is 8.76. The zero-order valence-electron chi connectivity index (χ0n) is 15.1. The first kappa shape index (κ1) is 20.6. The molecular formula is C19H23BrN2O3S. The topological polar surface area (TPSA) is 66.5 Å². The minimum absolute atomic E-state index is 0.198. The molecule has 1 N–H and O–H groups in total. The zero-order chi connectivity index (χ0) is 19.3. The molecule has 7 heteroatoms. The summed E-state index contributed by atoms with van der Waals surface area (Å²) in [6.07, 6.45) is 0.706. The third kappa shape index (κ3) is 4.72. The Bertz CT molecular complexity index is 867. The van der Waals surface area contributed by atoms with Crippen molar-refractivity contribution in [3.8, 4) is 0 Å². The van der Waals surface area contributed by atoms with Gasteiger partial charge in [-0.05, 0) is 49.2 Å². The highest BCUT2D eigenvalue weighted by Crippen LogP contribution is 2.32. The van der Waals surface area contributed by atoms with Crippen LogP contribution in [0.15, 0.2) is 57.9 Å². The van der Waals surface area contributed by atoms with Gasteiger partial charge in [-0.15, -0.1) is 0 Å². The molecule has 26 heavy (non-hydrogen) atoms. The fourth-order valence-electron chi connectivity index (χ4n) is 2.76. The Labute approximate surface area is 163 Å². The summed E-state index contributed by atoms with van der Waals surface area (Å²) in [6.45, 7) is 5.67. The molecule has 2 aromatic rings. The van der Waals surface area contributed by atoms with E-state index in [9.17, 15) is 13.2 Å². The first-order chi connectivity index (χ1) is 12.3. The maximum atomic E-state index is 13.2. The number of hydrogen-bond acceptors (Lipinski definition) is 3. The molecule has 0 saturated carbocycles. The van der Waals surface area contributed by atoms with Crippen LogP contribution in [0.5, 0.6) is 0 Å². The Morgan fingerprint density at radius 2 is 1.77 bits per heavy atom. The average Bonchev–Trinajstić information content (AvgIpc) is 2.59. The van der Waals surface area contributed by atoms with Gasteiger partial charge in [0.05, 0.1) is 4.90 Å². The molecule has 0 saturated heterocycles. The molecule has 0 spiro atoms. The van der Waals surface area contributed by atoms with Crippen molar-refractivity contribution in [1.82, 2.24) is 4.31 Å². The van der Waals surface area contributed by atoms with Crippen LogP contribution in [0.4, 0.5) is 5.69 Å². The summed E-state index contributed by atoms with van der Waals surface area (Å²) in [5, 5.41) is 2.64. The largest absolute Gasteiger partial charge is 0.326 e. The highest BCUT2D eigenvalue weighted by atomic mass is 79.9. The van der Waals surface area contributed by atoms with E-state index in [0.717, 1.165) is 10.0 Å². The molecule has 1 amide bonds. The van der Waals surface area contributed by atoms with E-state index in [4.69, 9.17) is 0 Å². The SMILES string of the molecule is CCCN([C@@H](C)c1ccccc1Br)S(=O)(=O)c1ccc(NC(C)=O)cc1. The maximum Gasteiger partial charge on any atom is 0.243 e. The van der Waals surface area contributed by atoms with Gasteiger partial charge >= 0.3 is 0 Å². The van der Waals surface area contributed by atoms with E-state index in [1.54, 1.807) is 12.1 Å². The molecule has 2 aromatic carbocycles. The van der Waals surface area contributed by atoms with Crippen LogP contribution in [0.25, 0.3) is 0 Å². The number of hydrogen-bond donors (Lipinski definition) is 1. The number of rotatable bonds is 7. The first-order valence-electron chi connectivity index (χ1n) is 8.41. The summed E-state index contributed by atoms with van der Waals surface area (Å²) >= 11 is 3.51. The minimum atomic E-state index is -3.67. The Balaban J connectivity index is 2.38. The van der Waals surface area contributed by atoms with E-state index in [0.29, 0.717) is 18.7 Å². The van der Waals surface area contributed by atoms with E-state index >= 15 is 0 Å². The molecule has 0 aliphatic carbocycles. The van der Waals surface area contributed by atoms with Gasteiger partial charge in [-0.25, -0.2) is 8.42 Å². The first-order valence-corrected chi connectivity index (χ1v) is 10.6. The van der Waals surface area contributed by atoms with Crippen molar-refractivity contribution in [2.75, 3.05) is 11.9 Å². The van der Waals surface area contributed by atoms with Crippen LogP contribution in [-0.2, 0) is 14.8 Å². The number of nitrogens with one attached hydrogen (secondary N) is 1. The Kier molecular flexibility index (Phi) is 6.97. The van der Waals surface area contributed by atoms with Crippen molar-refractivity contribution in [1.29, 1.82) is 0 Å². The van der Waals surface area contributed by atoms with Crippen molar-refractivity contribution < 1.29 is 13.2 Å². The van der Waals surface area contributed by atoms with Crippen LogP contribution in [0.2, 0.25) is 0 Å². The zero-order valence-corrected chi connectivity index (χ0v) is 17.5. The molecule has 140 valence electrons. The predicted molar refractivity (Wildman–Crippen MR) is 107 cm³/mol. The van der Waals surface area contributed by atoms with E-state index in [2.05, 4.69) is 21.2 Å². The van der Waals surface area contributed by atoms with Crippen LogP contribution in [-0.4, -0.2) is 25.2 Å². The summed E-state index contributed by atoms with van der Waals surface area (Å²) in [4.78, 5) is 11.3. The molecule has 0 aliphatic heterocycles. The second kappa shape index (κ2) is 8.79. The molecule has 0 unspecified atom stereocenters. The van der Waals surface area contributed by atoms with E-state index < -0.39 is 10.0 Å². The van der Waals surface area contributed by atoms with Gasteiger partial charge in [0.1, 0.15) is 0 Å². The average molecular weight is 439 g/mol. The molecule has 5 nitrogen and oxygen atoms in total. The minimum Gasteiger partial charge on any atom is -0.326 e. The number of carbonyl (C=O) groups excluding carboxylic acids is 1. The standard InChI is InChI=1S/C19H23BrN2O3S/c1-4-13-22(14(2)18-7-5-6-8-19(18)20)26(24,25)17-11-9-16(10-12-17)21-15(3)23/h5-12,14H,4,13H2,1-3H3,(H,21,23)/t14-/m0/s1. The van der Waals surface area contributed by atoms with Crippen molar-refractivity contribution in [2.45, 2.75) is 38.1 Å². The molecule has 0 bridgehead atoms. The van der Waals surface area contributed by atoms with Gasteiger partial charge < -0.3 is 5.32 Å². The normalized spacial score (nSPS) is 12.8. The monoisotopic (exact) mass is 438 g/mol. The number of carbonyl (C=O) groups is 1. The van der Waals surface area contributed by atoms with Gasteiger partial charge in [0.2, 0.25) is 15.9 Å². The summed E-state index contributed by atoms with van der Waals surface area (Å²) in [5.74, 6) is -0.198. The van der Waals surface area contributed by atoms with E-state index in [1.807, 2.05) is 38.1 Å². The van der Waals surface area contributed by atoms with Crippen molar-refractivity contribution >= 4 is 37.5 Å². The van der Waals surface area contributed by atoms with Crippen LogP contribution in [0.3, 0.4) is 0 Å². The molecule has 0 radical (unpaired) electrons. The maximum absolute atomic E-state index is 13.2.